The number of aromatic nitrogens is 3. The van der Waals surface area contributed by atoms with Crippen molar-refractivity contribution in [2.45, 2.75) is 26.8 Å². The third-order valence-electron chi connectivity index (χ3n) is 2.71. The Kier molecular flexibility index (Phi) is 4.37. The van der Waals surface area contributed by atoms with Crippen molar-refractivity contribution in [2.75, 3.05) is 12.5 Å². The minimum absolute atomic E-state index is 0.118. The number of hydrogen-bond acceptors (Lipinski definition) is 4. The van der Waals surface area contributed by atoms with Gasteiger partial charge in [0.15, 0.2) is 5.65 Å². The van der Waals surface area contributed by atoms with Gasteiger partial charge in [-0.05, 0) is 25.5 Å². The lowest BCUT2D eigenvalue weighted by molar-refractivity contribution is -0.143. The lowest BCUT2D eigenvalue weighted by atomic mass is 10.3. The molecule has 0 N–H and O–H groups in total. The Bertz CT molecular complexity index is 595. The number of ether oxygens (including phenoxy) is 1. The van der Waals surface area contributed by atoms with Crippen molar-refractivity contribution >= 4 is 28.7 Å². The monoisotopic (exact) mass is 281 g/mol. The highest BCUT2D eigenvalue weighted by Crippen LogP contribution is 2.16. The summed E-state index contributed by atoms with van der Waals surface area (Å²) < 4.78 is 6.75. The van der Waals surface area contributed by atoms with E-state index in [0.29, 0.717) is 24.6 Å². The molecule has 0 saturated heterocycles. The molecule has 2 aromatic rings. The Morgan fingerprint density at radius 1 is 1.53 bits per heavy atom. The molecule has 2 aromatic heterocycles. The van der Waals surface area contributed by atoms with Gasteiger partial charge < -0.3 is 9.30 Å². The van der Waals surface area contributed by atoms with Gasteiger partial charge in [-0.15, -0.1) is 11.6 Å². The second-order valence-electron chi connectivity index (χ2n) is 4.21. The number of nitrogens with zero attached hydrogens (tertiary/aromatic N) is 3. The highest BCUT2D eigenvalue weighted by molar-refractivity contribution is 6.17. The summed E-state index contributed by atoms with van der Waals surface area (Å²) in [5, 5.41) is 0. The number of hydrogen-bond donors (Lipinski definition) is 0. The minimum Gasteiger partial charge on any atom is -0.465 e. The quantitative estimate of drug-likeness (QED) is 0.622. The molecule has 0 amide bonds. The highest BCUT2D eigenvalue weighted by atomic mass is 35.5. The molecule has 0 atom stereocenters. The van der Waals surface area contributed by atoms with E-state index in [1.165, 1.54) is 0 Å². The van der Waals surface area contributed by atoms with Gasteiger partial charge in [0.05, 0.1) is 6.61 Å². The van der Waals surface area contributed by atoms with Gasteiger partial charge >= 0.3 is 5.97 Å². The smallest absolute Gasteiger partial charge is 0.326 e. The van der Waals surface area contributed by atoms with Gasteiger partial charge in [0.2, 0.25) is 0 Å². The lowest BCUT2D eigenvalue weighted by Gasteiger charge is -2.07. The average Bonchev–Trinajstić information content (AvgIpc) is 2.67. The van der Waals surface area contributed by atoms with Crippen LogP contribution >= 0.6 is 11.6 Å². The summed E-state index contributed by atoms with van der Waals surface area (Å²) in [7, 11) is 0. The van der Waals surface area contributed by atoms with Gasteiger partial charge in [-0.25, -0.2) is 9.97 Å². The van der Waals surface area contributed by atoms with E-state index in [0.717, 1.165) is 16.9 Å². The lowest BCUT2D eigenvalue weighted by Crippen LogP contribution is -2.16. The molecule has 0 unspecified atom stereocenters. The third-order valence-corrected chi connectivity index (χ3v) is 2.90. The number of pyridine rings is 1. The number of rotatable bonds is 5. The van der Waals surface area contributed by atoms with Crippen LogP contribution in [-0.2, 0) is 22.5 Å². The van der Waals surface area contributed by atoms with Crippen LogP contribution in [0.3, 0.4) is 0 Å². The molecule has 0 aliphatic rings. The molecule has 0 aliphatic heterocycles. The molecule has 0 spiro atoms. The van der Waals surface area contributed by atoms with E-state index >= 15 is 0 Å². The molecule has 102 valence electrons. The second-order valence-corrected chi connectivity index (χ2v) is 4.59. The number of esters is 1. The maximum absolute atomic E-state index is 11.6. The van der Waals surface area contributed by atoms with Crippen LogP contribution in [0.1, 0.15) is 18.3 Å². The predicted molar refractivity (Wildman–Crippen MR) is 73.3 cm³/mol. The molecule has 0 radical (unpaired) electrons. The summed E-state index contributed by atoms with van der Waals surface area (Å²) in [5.41, 5.74) is 2.51. The van der Waals surface area contributed by atoms with Crippen LogP contribution in [0.15, 0.2) is 12.3 Å². The first kappa shape index (κ1) is 13.8. The van der Waals surface area contributed by atoms with Gasteiger partial charge in [-0.3, -0.25) is 4.79 Å². The zero-order chi connectivity index (χ0) is 13.8. The average molecular weight is 282 g/mol. The van der Waals surface area contributed by atoms with Gasteiger partial charge in [0, 0.05) is 18.5 Å². The number of alkyl halides is 1. The van der Waals surface area contributed by atoms with Crippen LogP contribution in [0.5, 0.6) is 0 Å². The van der Waals surface area contributed by atoms with Crippen LogP contribution in [-0.4, -0.2) is 33.0 Å². The molecular weight excluding hydrogens is 266 g/mol. The summed E-state index contributed by atoms with van der Waals surface area (Å²) in [5.74, 6) is 0.918. The fourth-order valence-electron chi connectivity index (χ4n) is 1.94. The van der Waals surface area contributed by atoms with Crippen LogP contribution in [0.2, 0.25) is 0 Å². The standard InChI is InChI=1S/C13H16ClN3O2/c1-3-19-12(18)8-17-11(4-5-14)16-10-6-9(2)7-15-13(10)17/h6-7H,3-5,8H2,1-2H3. The summed E-state index contributed by atoms with van der Waals surface area (Å²) in [6, 6.07) is 1.95. The van der Waals surface area contributed by atoms with Crippen molar-refractivity contribution in [1.29, 1.82) is 0 Å². The largest absolute Gasteiger partial charge is 0.465 e. The van der Waals surface area contributed by atoms with Crippen LogP contribution in [0, 0.1) is 6.92 Å². The van der Waals surface area contributed by atoms with Crippen molar-refractivity contribution in [3.8, 4) is 0 Å². The molecule has 19 heavy (non-hydrogen) atoms. The zero-order valence-corrected chi connectivity index (χ0v) is 11.8. The predicted octanol–water partition coefficient (Wildman–Crippen LogP) is 2.08. The molecule has 0 saturated carbocycles. The van der Waals surface area contributed by atoms with E-state index in [9.17, 15) is 4.79 Å². The molecule has 5 nitrogen and oxygen atoms in total. The van der Waals surface area contributed by atoms with Crippen molar-refractivity contribution in [1.82, 2.24) is 14.5 Å². The van der Waals surface area contributed by atoms with E-state index in [1.54, 1.807) is 17.7 Å². The van der Waals surface area contributed by atoms with Crippen molar-refractivity contribution in [2.24, 2.45) is 0 Å². The highest BCUT2D eigenvalue weighted by Gasteiger charge is 2.15. The van der Waals surface area contributed by atoms with E-state index in [4.69, 9.17) is 16.3 Å². The number of carbonyl (C=O) groups excluding carboxylic acids is 1. The fourth-order valence-corrected chi connectivity index (χ4v) is 2.10. The fraction of sp³-hybridized carbons (Fsp3) is 0.462. The number of fused-ring (bicyclic) bond motifs is 1. The normalized spacial score (nSPS) is 10.9. The summed E-state index contributed by atoms with van der Waals surface area (Å²) >= 11 is 5.77. The van der Waals surface area contributed by atoms with E-state index in [1.807, 2.05) is 13.0 Å². The first-order valence-corrected chi connectivity index (χ1v) is 6.72. The second kappa shape index (κ2) is 6.02. The van der Waals surface area contributed by atoms with E-state index in [-0.39, 0.29) is 12.5 Å². The zero-order valence-electron chi connectivity index (χ0n) is 11.0. The number of halogens is 1. The first-order valence-electron chi connectivity index (χ1n) is 6.19. The molecule has 0 fully saturated rings. The van der Waals surface area contributed by atoms with Crippen LogP contribution in [0.25, 0.3) is 11.2 Å². The van der Waals surface area contributed by atoms with Crippen molar-refractivity contribution in [3.63, 3.8) is 0 Å². The number of carbonyl (C=O) groups is 1. The molecule has 2 heterocycles. The Morgan fingerprint density at radius 2 is 2.32 bits per heavy atom. The van der Waals surface area contributed by atoms with E-state index in [2.05, 4.69) is 9.97 Å². The Morgan fingerprint density at radius 3 is 3.00 bits per heavy atom. The van der Waals surface area contributed by atoms with E-state index < -0.39 is 0 Å². The summed E-state index contributed by atoms with van der Waals surface area (Å²) in [6.07, 6.45) is 2.35. The van der Waals surface area contributed by atoms with Crippen molar-refractivity contribution < 1.29 is 9.53 Å². The Balaban J connectivity index is 2.42. The first-order chi connectivity index (χ1) is 9.15. The molecule has 0 aliphatic carbocycles. The maximum Gasteiger partial charge on any atom is 0.326 e. The molecular formula is C13H16ClN3O2. The van der Waals surface area contributed by atoms with Gasteiger partial charge in [-0.2, -0.15) is 0 Å². The molecule has 0 aromatic carbocycles. The molecule has 2 rings (SSSR count). The van der Waals surface area contributed by atoms with Crippen LogP contribution in [0.4, 0.5) is 0 Å². The van der Waals surface area contributed by atoms with Gasteiger partial charge in [0.1, 0.15) is 17.9 Å². The molecule has 0 bridgehead atoms. The Hall–Kier alpha value is -1.62. The summed E-state index contributed by atoms with van der Waals surface area (Å²) in [6.45, 7) is 4.22. The Labute approximate surface area is 116 Å². The van der Waals surface area contributed by atoms with Gasteiger partial charge in [0.25, 0.3) is 0 Å². The molecule has 6 heteroatoms. The number of aryl methyl sites for hydroxylation is 2. The van der Waals surface area contributed by atoms with Gasteiger partial charge in [-0.1, -0.05) is 0 Å². The SMILES string of the molecule is CCOC(=O)Cn1c(CCCl)nc2cc(C)cnc21. The summed E-state index contributed by atoms with van der Waals surface area (Å²) in [4.78, 5) is 20.5. The topological polar surface area (TPSA) is 57.0 Å². The minimum atomic E-state index is -0.292. The number of imidazole rings is 1. The third kappa shape index (κ3) is 3.04. The maximum atomic E-state index is 11.6. The van der Waals surface area contributed by atoms with Crippen molar-refractivity contribution in [3.05, 3.63) is 23.7 Å². The van der Waals surface area contributed by atoms with Crippen LogP contribution < -0.4 is 0 Å².